The summed E-state index contributed by atoms with van der Waals surface area (Å²) >= 11 is 5.75. The number of hydrogen-bond acceptors (Lipinski definition) is 2. The molecule has 0 aliphatic carbocycles. The monoisotopic (exact) mass is 293 g/mol. The van der Waals surface area contributed by atoms with Gasteiger partial charge in [0.1, 0.15) is 11.6 Å². The molecule has 0 aliphatic rings. The lowest BCUT2D eigenvalue weighted by molar-refractivity contribution is 0.335. The molecular formula is C16H17ClFNO. The molecule has 4 heteroatoms. The van der Waals surface area contributed by atoms with Crippen molar-refractivity contribution >= 4 is 17.3 Å². The predicted octanol–water partition coefficient (Wildman–Crippen LogP) is 5.05. The van der Waals surface area contributed by atoms with Crippen LogP contribution < -0.4 is 10.1 Å². The molecule has 0 amide bonds. The van der Waals surface area contributed by atoms with E-state index in [-0.39, 0.29) is 11.9 Å². The summed E-state index contributed by atoms with van der Waals surface area (Å²) in [6.45, 7) is 4.50. The van der Waals surface area contributed by atoms with Crippen molar-refractivity contribution in [3.8, 4) is 5.75 Å². The van der Waals surface area contributed by atoms with E-state index in [1.807, 2.05) is 38.1 Å². The summed E-state index contributed by atoms with van der Waals surface area (Å²) in [6.07, 6.45) is 0. The molecule has 0 heterocycles. The van der Waals surface area contributed by atoms with Crippen molar-refractivity contribution in [1.29, 1.82) is 0 Å². The third kappa shape index (κ3) is 3.42. The molecule has 2 aromatic carbocycles. The zero-order valence-corrected chi connectivity index (χ0v) is 12.2. The average Bonchev–Trinajstić information content (AvgIpc) is 2.43. The van der Waals surface area contributed by atoms with Crippen LogP contribution in [-0.2, 0) is 0 Å². The second-order valence-corrected chi connectivity index (χ2v) is 4.90. The van der Waals surface area contributed by atoms with Crippen molar-refractivity contribution in [3.05, 3.63) is 58.9 Å². The minimum atomic E-state index is -0.363. The summed E-state index contributed by atoms with van der Waals surface area (Å²) in [6, 6.07) is 12.3. The van der Waals surface area contributed by atoms with Crippen molar-refractivity contribution in [3.63, 3.8) is 0 Å². The van der Waals surface area contributed by atoms with E-state index in [2.05, 4.69) is 5.32 Å². The van der Waals surface area contributed by atoms with Crippen LogP contribution in [0.3, 0.4) is 0 Å². The van der Waals surface area contributed by atoms with Gasteiger partial charge in [-0.2, -0.15) is 0 Å². The van der Waals surface area contributed by atoms with Crippen molar-refractivity contribution in [1.82, 2.24) is 0 Å². The van der Waals surface area contributed by atoms with E-state index < -0.39 is 0 Å². The van der Waals surface area contributed by atoms with Crippen LogP contribution in [-0.4, -0.2) is 6.61 Å². The highest BCUT2D eigenvalue weighted by Gasteiger charge is 2.13. The Morgan fingerprint density at radius 3 is 2.70 bits per heavy atom. The van der Waals surface area contributed by atoms with Crippen molar-refractivity contribution < 1.29 is 9.13 Å². The van der Waals surface area contributed by atoms with Gasteiger partial charge in [0, 0.05) is 10.6 Å². The maximum atomic E-state index is 13.8. The zero-order valence-electron chi connectivity index (χ0n) is 11.5. The molecule has 0 saturated heterocycles. The Kier molecular flexibility index (Phi) is 4.85. The van der Waals surface area contributed by atoms with Crippen molar-refractivity contribution in [2.24, 2.45) is 0 Å². The Balaban J connectivity index is 2.21. The van der Waals surface area contributed by atoms with E-state index in [1.54, 1.807) is 12.1 Å². The number of hydrogen-bond donors (Lipinski definition) is 1. The van der Waals surface area contributed by atoms with Crippen LogP contribution in [0.15, 0.2) is 42.5 Å². The first-order valence-corrected chi connectivity index (χ1v) is 6.93. The number of rotatable bonds is 5. The highest BCUT2D eigenvalue weighted by Crippen LogP contribution is 2.29. The second-order valence-electron chi connectivity index (χ2n) is 4.46. The average molecular weight is 294 g/mol. The molecular weight excluding hydrogens is 277 g/mol. The van der Waals surface area contributed by atoms with Crippen LogP contribution in [0.25, 0.3) is 0 Å². The van der Waals surface area contributed by atoms with Gasteiger partial charge in [-0.15, -0.1) is 0 Å². The molecule has 0 bridgehead atoms. The lowest BCUT2D eigenvalue weighted by Gasteiger charge is -2.19. The quantitative estimate of drug-likeness (QED) is 0.833. The fourth-order valence-electron chi connectivity index (χ4n) is 2.04. The summed E-state index contributed by atoms with van der Waals surface area (Å²) < 4.78 is 19.4. The third-order valence-corrected chi connectivity index (χ3v) is 3.22. The van der Waals surface area contributed by atoms with Crippen molar-refractivity contribution in [2.45, 2.75) is 19.9 Å². The molecule has 0 fully saturated rings. The molecule has 106 valence electrons. The predicted molar refractivity (Wildman–Crippen MR) is 81.1 cm³/mol. The number of halogens is 2. The van der Waals surface area contributed by atoms with Gasteiger partial charge >= 0.3 is 0 Å². The number of anilines is 1. The Bertz CT molecular complexity index is 588. The first-order valence-electron chi connectivity index (χ1n) is 6.55. The lowest BCUT2D eigenvalue weighted by Crippen LogP contribution is -2.10. The zero-order chi connectivity index (χ0) is 14.5. The highest BCUT2D eigenvalue weighted by molar-refractivity contribution is 6.30. The molecule has 0 aliphatic heterocycles. The minimum absolute atomic E-state index is 0.0755. The van der Waals surface area contributed by atoms with Gasteiger partial charge in [-0.25, -0.2) is 4.39 Å². The van der Waals surface area contributed by atoms with E-state index in [9.17, 15) is 4.39 Å². The van der Waals surface area contributed by atoms with Gasteiger partial charge in [0.05, 0.1) is 18.3 Å². The highest BCUT2D eigenvalue weighted by atomic mass is 35.5. The van der Waals surface area contributed by atoms with Crippen LogP contribution in [0.1, 0.15) is 25.5 Å². The van der Waals surface area contributed by atoms with Crippen LogP contribution in [0.2, 0.25) is 5.02 Å². The van der Waals surface area contributed by atoms with Gasteiger partial charge in [0.15, 0.2) is 0 Å². The molecule has 1 unspecified atom stereocenters. The normalized spacial score (nSPS) is 12.0. The molecule has 1 N–H and O–H groups in total. The van der Waals surface area contributed by atoms with E-state index in [4.69, 9.17) is 16.3 Å². The third-order valence-electron chi connectivity index (χ3n) is 2.99. The first-order chi connectivity index (χ1) is 9.61. The largest absolute Gasteiger partial charge is 0.494 e. The summed E-state index contributed by atoms with van der Waals surface area (Å²) in [5.41, 5.74) is 1.41. The van der Waals surface area contributed by atoms with Crippen LogP contribution in [0, 0.1) is 5.82 Å². The topological polar surface area (TPSA) is 21.3 Å². The Labute approximate surface area is 123 Å². The van der Waals surface area contributed by atoms with Crippen LogP contribution >= 0.6 is 11.6 Å². The molecule has 20 heavy (non-hydrogen) atoms. The van der Waals surface area contributed by atoms with Crippen LogP contribution in [0.4, 0.5) is 10.1 Å². The number of ether oxygens (including phenoxy) is 1. The first kappa shape index (κ1) is 14.7. The Morgan fingerprint density at radius 2 is 2.00 bits per heavy atom. The molecule has 0 aromatic heterocycles. The van der Waals surface area contributed by atoms with Gasteiger partial charge in [0.2, 0.25) is 0 Å². The smallest absolute Gasteiger partial charge is 0.147 e. The van der Waals surface area contributed by atoms with Gasteiger partial charge < -0.3 is 10.1 Å². The van der Waals surface area contributed by atoms with Crippen molar-refractivity contribution in [2.75, 3.05) is 11.9 Å². The second kappa shape index (κ2) is 6.62. The summed E-state index contributed by atoms with van der Waals surface area (Å²) in [4.78, 5) is 0. The van der Waals surface area contributed by atoms with Crippen LogP contribution in [0.5, 0.6) is 5.75 Å². The fraction of sp³-hybridized carbons (Fsp3) is 0.250. The molecule has 2 nitrogen and oxygen atoms in total. The Morgan fingerprint density at radius 1 is 1.25 bits per heavy atom. The molecule has 1 atom stereocenters. The maximum Gasteiger partial charge on any atom is 0.147 e. The standard InChI is InChI=1S/C16H17ClFNO/c1-3-20-16-7-5-4-6-13(16)11(2)19-15-9-8-12(17)10-14(15)18/h4-11,19H,3H2,1-2H3. The molecule has 2 rings (SSSR count). The van der Waals surface area contributed by atoms with E-state index in [0.717, 1.165) is 11.3 Å². The number of nitrogens with one attached hydrogen (secondary N) is 1. The lowest BCUT2D eigenvalue weighted by atomic mass is 10.1. The maximum absolute atomic E-state index is 13.8. The minimum Gasteiger partial charge on any atom is -0.494 e. The van der Waals surface area contributed by atoms with Gasteiger partial charge in [-0.05, 0) is 38.1 Å². The summed E-state index contributed by atoms with van der Waals surface area (Å²) in [7, 11) is 0. The molecule has 0 radical (unpaired) electrons. The molecule has 0 saturated carbocycles. The summed E-state index contributed by atoms with van der Waals surface area (Å²) in [5, 5.41) is 3.52. The fourth-order valence-corrected chi connectivity index (χ4v) is 2.20. The SMILES string of the molecule is CCOc1ccccc1C(C)Nc1ccc(Cl)cc1F. The van der Waals surface area contributed by atoms with Gasteiger partial charge in [0.25, 0.3) is 0 Å². The summed E-state index contributed by atoms with van der Waals surface area (Å²) in [5.74, 6) is 0.447. The molecule has 0 spiro atoms. The van der Waals surface area contributed by atoms with Gasteiger partial charge in [-0.1, -0.05) is 29.8 Å². The van der Waals surface area contributed by atoms with E-state index >= 15 is 0 Å². The molecule has 2 aromatic rings. The number of para-hydroxylation sites is 1. The Hall–Kier alpha value is -1.74. The van der Waals surface area contributed by atoms with E-state index in [0.29, 0.717) is 17.3 Å². The van der Waals surface area contributed by atoms with Gasteiger partial charge in [-0.3, -0.25) is 0 Å². The number of benzene rings is 2. The van der Waals surface area contributed by atoms with E-state index in [1.165, 1.54) is 6.07 Å².